The van der Waals surface area contributed by atoms with Crippen molar-refractivity contribution >= 4 is 5.82 Å². The van der Waals surface area contributed by atoms with Crippen molar-refractivity contribution in [2.24, 2.45) is 0 Å². The maximum Gasteiger partial charge on any atom is 0.267 e. The zero-order valence-electron chi connectivity index (χ0n) is 15.1. The zero-order chi connectivity index (χ0) is 17.5. The van der Waals surface area contributed by atoms with E-state index in [-0.39, 0.29) is 11.6 Å². The van der Waals surface area contributed by atoms with Crippen LogP contribution in [-0.4, -0.2) is 32.3 Å². The number of aromatic nitrogens is 4. The molecule has 6 nitrogen and oxygen atoms in total. The van der Waals surface area contributed by atoms with Crippen molar-refractivity contribution in [1.29, 1.82) is 0 Å². The molecule has 6 heteroatoms. The molecule has 0 N–H and O–H groups in total. The average Bonchev–Trinajstić information content (AvgIpc) is 3.23. The van der Waals surface area contributed by atoms with Gasteiger partial charge in [0.1, 0.15) is 12.1 Å². The molecule has 1 saturated carbocycles. The number of hydrogen-bond acceptors (Lipinski definition) is 5. The predicted octanol–water partition coefficient (Wildman–Crippen LogP) is 2.46. The van der Waals surface area contributed by atoms with Crippen LogP contribution in [0, 0.1) is 0 Å². The molecule has 0 bridgehead atoms. The molecular formula is C20H25N5O. The van der Waals surface area contributed by atoms with Crippen molar-refractivity contribution in [3.05, 3.63) is 45.8 Å². The molecule has 3 heterocycles. The fourth-order valence-corrected chi connectivity index (χ4v) is 4.54. The normalized spacial score (nSPS) is 22.5. The van der Waals surface area contributed by atoms with Crippen molar-refractivity contribution in [2.75, 3.05) is 11.4 Å². The molecule has 0 radical (unpaired) electrons. The van der Waals surface area contributed by atoms with Crippen molar-refractivity contribution in [3.63, 3.8) is 0 Å². The van der Waals surface area contributed by atoms with Crippen LogP contribution in [0.2, 0.25) is 0 Å². The predicted molar refractivity (Wildman–Crippen MR) is 99.5 cm³/mol. The van der Waals surface area contributed by atoms with Crippen molar-refractivity contribution in [1.82, 2.24) is 19.7 Å². The smallest absolute Gasteiger partial charge is 0.267 e. The Labute approximate surface area is 153 Å². The summed E-state index contributed by atoms with van der Waals surface area (Å²) in [6.07, 6.45) is 10.8. The van der Waals surface area contributed by atoms with E-state index in [1.807, 2.05) is 0 Å². The van der Waals surface area contributed by atoms with Gasteiger partial charge in [0.25, 0.3) is 5.56 Å². The second kappa shape index (κ2) is 6.49. The molecular weight excluding hydrogens is 326 g/mol. The SMILES string of the molecule is O=c1cc2c(nn1CC1CCCN1c1cc(C3CCC3)ncn1)CCC2. The van der Waals surface area contributed by atoms with Gasteiger partial charge in [-0.25, -0.2) is 14.6 Å². The van der Waals surface area contributed by atoms with Crippen LogP contribution in [0.4, 0.5) is 5.82 Å². The first-order chi connectivity index (χ1) is 12.8. The first-order valence-corrected chi connectivity index (χ1v) is 9.96. The lowest BCUT2D eigenvalue weighted by Crippen LogP contribution is -2.38. The number of nitrogens with zero attached hydrogens (tertiary/aromatic N) is 5. The van der Waals surface area contributed by atoms with E-state index in [0.29, 0.717) is 12.5 Å². The van der Waals surface area contributed by atoms with Gasteiger partial charge in [0.05, 0.1) is 18.3 Å². The summed E-state index contributed by atoms with van der Waals surface area (Å²) in [7, 11) is 0. The van der Waals surface area contributed by atoms with Crippen LogP contribution in [0.5, 0.6) is 0 Å². The summed E-state index contributed by atoms with van der Waals surface area (Å²) in [4.78, 5) is 23.8. The van der Waals surface area contributed by atoms with Crippen LogP contribution in [0.3, 0.4) is 0 Å². The Kier molecular flexibility index (Phi) is 3.98. The molecule has 2 aliphatic carbocycles. The van der Waals surface area contributed by atoms with Gasteiger partial charge in [-0.05, 0) is 50.5 Å². The summed E-state index contributed by atoms with van der Waals surface area (Å²) in [6, 6.07) is 4.25. The summed E-state index contributed by atoms with van der Waals surface area (Å²) < 4.78 is 1.68. The fourth-order valence-electron chi connectivity index (χ4n) is 4.54. The lowest BCUT2D eigenvalue weighted by molar-refractivity contribution is 0.410. The van der Waals surface area contributed by atoms with E-state index in [1.165, 1.54) is 25.0 Å². The standard InChI is InChI=1S/C20H25N5O/c26-20-10-15-6-2-8-17(15)23-25(20)12-16-7-3-9-24(16)19-11-18(21-13-22-19)14-4-1-5-14/h10-11,13-14,16H,1-9,12H2. The maximum atomic E-state index is 12.5. The third kappa shape index (κ3) is 2.81. The molecule has 2 aromatic rings. The van der Waals surface area contributed by atoms with E-state index in [1.54, 1.807) is 17.1 Å². The third-order valence-electron chi connectivity index (χ3n) is 6.28. The highest BCUT2D eigenvalue weighted by atomic mass is 16.1. The van der Waals surface area contributed by atoms with Gasteiger partial charge in [-0.1, -0.05) is 6.42 Å². The van der Waals surface area contributed by atoms with E-state index in [4.69, 9.17) is 0 Å². The lowest BCUT2D eigenvalue weighted by Gasteiger charge is -2.28. The summed E-state index contributed by atoms with van der Waals surface area (Å²) in [5.74, 6) is 1.62. The number of hydrogen-bond donors (Lipinski definition) is 0. The molecule has 1 atom stereocenters. The topological polar surface area (TPSA) is 63.9 Å². The van der Waals surface area contributed by atoms with Gasteiger partial charge in [0, 0.05) is 30.3 Å². The quantitative estimate of drug-likeness (QED) is 0.847. The Morgan fingerprint density at radius 3 is 2.81 bits per heavy atom. The minimum absolute atomic E-state index is 0.0374. The Morgan fingerprint density at radius 1 is 1.04 bits per heavy atom. The second-order valence-electron chi connectivity index (χ2n) is 7.91. The van der Waals surface area contributed by atoms with E-state index in [0.717, 1.165) is 55.7 Å². The van der Waals surface area contributed by atoms with Crippen LogP contribution in [0.25, 0.3) is 0 Å². The molecule has 0 amide bonds. The minimum Gasteiger partial charge on any atom is -0.352 e. The molecule has 2 fully saturated rings. The summed E-state index contributed by atoms with van der Waals surface area (Å²) in [5.41, 5.74) is 3.48. The van der Waals surface area contributed by atoms with Crippen LogP contribution in [0.15, 0.2) is 23.3 Å². The Balaban J connectivity index is 1.39. The van der Waals surface area contributed by atoms with E-state index < -0.39 is 0 Å². The highest BCUT2D eigenvalue weighted by Gasteiger charge is 2.29. The first-order valence-electron chi connectivity index (χ1n) is 9.96. The van der Waals surface area contributed by atoms with Crippen LogP contribution >= 0.6 is 0 Å². The van der Waals surface area contributed by atoms with Gasteiger partial charge in [-0.2, -0.15) is 5.10 Å². The molecule has 0 aromatic carbocycles. The van der Waals surface area contributed by atoms with Crippen LogP contribution in [0.1, 0.15) is 61.4 Å². The van der Waals surface area contributed by atoms with E-state index in [9.17, 15) is 4.79 Å². The van der Waals surface area contributed by atoms with Gasteiger partial charge in [-0.15, -0.1) is 0 Å². The van der Waals surface area contributed by atoms with Crippen molar-refractivity contribution in [2.45, 2.75) is 69.9 Å². The largest absolute Gasteiger partial charge is 0.352 e. The number of anilines is 1. The molecule has 26 heavy (non-hydrogen) atoms. The summed E-state index contributed by atoms with van der Waals surface area (Å²) in [6.45, 7) is 1.64. The lowest BCUT2D eigenvalue weighted by atomic mass is 9.83. The Hall–Kier alpha value is -2.24. The van der Waals surface area contributed by atoms with Gasteiger partial charge in [-0.3, -0.25) is 4.79 Å². The molecule has 5 rings (SSSR count). The highest BCUT2D eigenvalue weighted by molar-refractivity contribution is 5.42. The summed E-state index contributed by atoms with van der Waals surface area (Å²) in [5, 5.41) is 4.66. The molecule has 2 aromatic heterocycles. The molecule has 3 aliphatic rings. The molecule has 1 saturated heterocycles. The second-order valence-corrected chi connectivity index (χ2v) is 7.91. The average molecular weight is 351 g/mol. The molecule has 136 valence electrons. The monoisotopic (exact) mass is 351 g/mol. The zero-order valence-corrected chi connectivity index (χ0v) is 15.1. The Bertz CT molecular complexity index is 873. The summed E-state index contributed by atoms with van der Waals surface area (Å²) >= 11 is 0. The molecule has 1 unspecified atom stereocenters. The maximum absolute atomic E-state index is 12.5. The van der Waals surface area contributed by atoms with Crippen LogP contribution in [-0.2, 0) is 19.4 Å². The molecule has 0 spiro atoms. The third-order valence-corrected chi connectivity index (χ3v) is 6.28. The number of aryl methyl sites for hydroxylation is 2. The Morgan fingerprint density at radius 2 is 1.96 bits per heavy atom. The van der Waals surface area contributed by atoms with E-state index >= 15 is 0 Å². The van der Waals surface area contributed by atoms with Gasteiger partial charge < -0.3 is 4.90 Å². The van der Waals surface area contributed by atoms with Crippen molar-refractivity contribution in [3.8, 4) is 0 Å². The van der Waals surface area contributed by atoms with Crippen molar-refractivity contribution < 1.29 is 0 Å². The highest BCUT2D eigenvalue weighted by Crippen LogP contribution is 2.36. The molecule has 1 aliphatic heterocycles. The van der Waals surface area contributed by atoms with Gasteiger partial charge in [0.15, 0.2) is 0 Å². The first kappa shape index (κ1) is 16.0. The number of fused-ring (bicyclic) bond motifs is 1. The van der Waals surface area contributed by atoms with Gasteiger partial charge >= 0.3 is 0 Å². The van der Waals surface area contributed by atoms with Crippen LogP contribution < -0.4 is 10.5 Å². The minimum atomic E-state index is 0.0374. The fraction of sp³-hybridized carbons (Fsp3) is 0.600. The number of rotatable bonds is 4. The van der Waals surface area contributed by atoms with E-state index in [2.05, 4.69) is 26.0 Å². The van der Waals surface area contributed by atoms with Gasteiger partial charge in [0.2, 0.25) is 0 Å².